The van der Waals surface area contributed by atoms with Crippen LogP contribution in [0.5, 0.6) is 5.75 Å². The number of amides is 1. The van der Waals surface area contributed by atoms with Crippen LogP contribution in [0.15, 0.2) is 42.7 Å². The molecular formula is C20H22N6O2. The van der Waals surface area contributed by atoms with Crippen LogP contribution in [0.25, 0.3) is 11.5 Å². The Hall–Kier alpha value is -3.42. The van der Waals surface area contributed by atoms with E-state index in [-0.39, 0.29) is 11.9 Å². The number of pyridine rings is 1. The van der Waals surface area contributed by atoms with Gasteiger partial charge >= 0.3 is 0 Å². The minimum absolute atomic E-state index is 0.0775. The van der Waals surface area contributed by atoms with Gasteiger partial charge in [-0.3, -0.25) is 4.79 Å². The van der Waals surface area contributed by atoms with Gasteiger partial charge < -0.3 is 19.5 Å². The zero-order chi connectivity index (χ0) is 19.7. The highest BCUT2D eigenvalue weighted by Crippen LogP contribution is 2.31. The van der Waals surface area contributed by atoms with E-state index in [9.17, 15) is 4.79 Å². The molecule has 0 aliphatic carbocycles. The monoisotopic (exact) mass is 378 g/mol. The first-order valence-corrected chi connectivity index (χ1v) is 9.20. The number of carbonyl (C=O) groups excluding carboxylic acids is 1. The molecule has 0 atom stereocenters. The second-order valence-electron chi connectivity index (χ2n) is 6.94. The summed E-state index contributed by atoms with van der Waals surface area (Å²) in [5.41, 5.74) is 1.88. The Morgan fingerprint density at radius 3 is 2.82 bits per heavy atom. The van der Waals surface area contributed by atoms with Gasteiger partial charge in [0.25, 0.3) is 5.91 Å². The van der Waals surface area contributed by atoms with Crippen molar-refractivity contribution in [1.29, 1.82) is 0 Å². The van der Waals surface area contributed by atoms with Gasteiger partial charge in [-0.25, -0.2) is 4.98 Å². The first kappa shape index (κ1) is 18.0. The molecule has 0 bridgehead atoms. The summed E-state index contributed by atoms with van der Waals surface area (Å²) in [6, 6.07) is 11.4. The normalized spacial score (nSPS) is 13.9. The van der Waals surface area contributed by atoms with Crippen molar-refractivity contribution < 1.29 is 9.53 Å². The van der Waals surface area contributed by atoms with Crippen LogP contribution in [-0.4, -0.2) is 50.8 Å². The first-order chi connectivity index (χ1) is 13.5. The maximum atomic E-state index is 12.8. The van der Waals surface area contributed by atoms with Crippen molar-refractivity contribution in [3.05, 3.63) is 48.3 Å². The highest BCUT2D eigenvalue weighted by molar-refractivity contribution is 6.03. The number of likely N-dealkylation sites (N-methyl/N-ethyl adjacent to an activating group) is 1. The second-order valence-corrected chi connectivity index (χ2v) is 6.94. The third-order valence-electron chi connectivity index (χ3n) is 4.64. The smallest absolute Gasteiger partial charge is 0.259 e. The fraction of sp³-hybridized carbons (Fsp3) is 0.300. The van der Waals surface area contributed by atoms with Gasteiger partial charge in [0.2, 0.25) is 0 Å². The lowest BCUT2D eigenvalue weighted by molar-refractivity contribution is 0.0797. The third-order valence-corrected chi connectivity index (χ3v) is 4.64. The van der Waals surface area contributed by atoms with E-state index in [4.69, 9.17) is 4.74 Å². The van der Waals surface area contributed by atoms with Crippen LogP contribution in [0.4, 0.5) is 11.5 Å². The molecule has 144 valence electrons. The zero-order valence-corrected chi connectivity index (χ0v) is 16.1. The SMILES string of the molecule is CC(C)n1cnnc1-c1cccc(Nc2cccc3c2C(=O)N(C)CCO3)n1. The number of anilines is 2. The molecule has 3 heterocycles. The van der Waals surface area contributed by atoms with E-state index in [2.05, 4.69) is 34.3 Å². The summed E-state index contributed by atoms with van der Waals surface area (Å²) in [5, 5.41) is 11.5. The molecule has 2 aromatic heterocycles. The van der Waals surface area contributed by atoms with Gasteiger partial charge in [-0.2, -0.15) is 0 Å². The number of aromatic nitrogens is 4. The maximum absolute atomic E-state index is 12.8. The Labute approximate surface area is 163 Å². The van der Waals surface area contributed by atoms with Crippen LogP contribution in [-0.2, 0) is 0 Å². The molecule has 0 unspecified atom stereocenters. The van der Waals surface area contributed by atoms with E-state index in [1.807, 2.05) is 41.0 Å². The average molecular weight is 378 g/mol. The Balaban J connectivity index is 1.70. The van der Waals surface area contributed by atoms with Gasteiger partial charge in [0, 0.05) is 13.1 Å². The van der Waals surface area contributed by atoms with Crippen molar-refractivity contribution in [2.24, 2.45) is 0 Å². The number of benzene rings is 1. The predicted molar refractivity (Wildman–Crippen MR) is 106 cm³/mol. The molecule has 0 saturated carbocycles. The van der Waals surface area contributed by atoms with Gasteiger partial charge in [0.05, 0.1) is 12.2 Å². The lowest BCUT2D eigenvalue weighted by Crippen LogP contribution is -2.28. The number of nitrogens with one attached hydrogen (secondary N) is 1. The Morgan fingerprint density at radius 1 is 1.18 bits per heavy atom. The van der Waals surface area contributed by atoms with E-state index in [0.29, 0.717) is 47.5 Å². The number of fused-ring (bicyclic) bond motifs is 1. The van der Waals surface area contributed by atoms with Gasteiger partial charge in [-0.1, -0.05) is 12.1 Å². The highest BCUT2D eigenvalue weighted by Gasteiger charge is 2.24. The van der Waals surface area contributed by atoms with E-state index >= 15 is 0 Å². The molecule has 0 radical (unpaired) electrons. The molecule has 1 aromatic carbocycles. The number of nitrogens with zero attached hydrogens (tertiary/aromatic N) is 5. The van der Waals surface area contributed by atoms with Crippen molar-refractivity contribution in [3.8, 4) is 17.3 Å². The van der Waals surface area contributed by atoms with E-state index in [1.165, 1.54) is 0 Å². The molecule has 8 nitrogen and oxygen atoms in total. The van der Waals surface area contributed by atoms with Gasteiger partial charge in [0.15, 0.2) is 5.82 Å². The molecule has 28 heavy (non-hydrogen) atoms. The minimum atomic E-state index is -0.0775. The van der Waals surface area contributed by atoms with E-state index < -0.39 is 0 Å². The number of hydrogen-bond donors (Lipinski definition) is 1. The van der Waals surface area contributed by atoms with Crippen LogP contribution >= 0.6 is 0 Å². The molecule has 1 aliphatic heterocycles. The zero-order valence-electron chi connectivity index (χ0n) is 16.1. The molecule has 0 saturated heterocycles. The van der Waals surface area contributed by atoms with Crippen molar-refractivity contribution in [3.63, 3.8) is 0 Å². The Morgan fingerprint density at radius 2 is 2.00 bits per heavy atom. The lowest BCUT2D eigenvalue weighted by Gasteiger charge is -2.16. The summed E-state index contributed by atoms with van der Waals surface area (Å²) >= 11 is 0. The lowest BCUT2D eigenvalue weighted by atomic mass is 10.1. The molecule has 4 rings (SSSR count). The van der Waals surface area contributed by atoms with E-state index in [0.717, 1.165) is 0 Å². The third kappa shape index (κ3) is 3.28. The number of carbonyl (C=O) groups is 1. The van der Waals surface area contributed by atoms with Crippen molar-refractivity contribution in [2.75, 3.05) is 25.5 Å². The quantitative estimate of drug-likeness (QED) is 0.751. The molecule has 1 aliphatic rings. The maximum Gasteiger partial charge on any atom is 0.259 e. The molecule has 1 amide bonds. The fourth-order valence-electron chi connectivity index (χ4n) is 3.13. The minimum Gasteiger partial charge on any atom is -0.491 e. The average Bonchev–Trinajstić information content (AvgIpc) is 3.13. The number of ether oxygens (including phenoxy) is 1. The van der Waals surface area contributed by atoms with E-state index in [1.54, 1.807) is 18.3 Å². The van der Waals surface area contributed by atoms with Gasteiger partial charge in [-0.15, -0.1) is 10.2 Å². The van der Waals surface area contributed by atoms with Crippen LogP contribution in [0.3, 0.4) is 0 Å². The van der Waals surface area contributed by atoms with Crippen LogP contribution < -0.4 is 10.1 Å². The van der Waals surface area contributed by atoms with Crippen LogP contribution in [0, 0.1) is 0 Å². The van der Waals surface area contributed by atoms with Crippen LogP contribution in [0.1, 0.15) is 30.2 Å². The number of rotatable bonds is 4. The van der Waals surface area contributed by atoms with Crippen molar-refractivity contribution in [2.45, 2.75) is 19.9 Å². The first-order valence-electron chi connectivity index (χ1n) is 9.20. The van der Waals surface area contributed by atoms with Gasteiger partial charge in [-0.05, 0) is 38.1 Å². The van der Waals surface area contributed by atoms with Crippen molar-refractivity contribution in [1.82, 2.24) is 24.6 Å². The summed E-state index contributed by atoms with van der Waals surface area (Å²) in [4.78, 5) is 19.1. The summed E-state index contributed by atoms with van der Waals surface area (Å²) < 4.78 is 7.71. The molecule has 1 N–H and O–H groups in total. The molecule has 3 aromatic rings. The highest BCUT2D eigenvalue weighted by atomic mass is 16.5. The molecule has 0 fully saturated rings. The second kappa shape index (κ2) is 7.30. The fourth-order valence-corrected chi connectivity index (χ4v) is 3.13. The standard InChI is InChI=1S/C20H22N6O2/c1-13(2)26-12-21-24-19(26)15-7-5-9-17(23-15)22-14-6-4-8-16-18(14)20(27)25(3)10-11-28-16/h4-9,12-13H,10-11H2,1-3H3,(H,22,23). The molecule has 8 heteroatoms. The largest absolute Gasteiger partial charge is 0.491 e. The molecular weight excluding hydrogens is 356 g/mol. The van der Waals surface area contributed by atoms with Gasteiger partial charge in [0.1, 0.15) is 35.8 Å². The summed E-state index contributed by atoms with van der Waals surface area (Å²) in [6.07, 6.45) is 1.70. The Kier molecular flexibility index (Phi) is 4.68. The summed E-state index contributed by atoms with van der Waals surface area (Å²) in [6.45, 7) is 5.15. The van der Waals surface area contributed by atoms with Crippen molar-refractivity contribution >= 4 is 17.4 Å². The topological polar surface area (TPSA) is 85.2 Å². The van der Waals surface area contributed by atoms with Crippen LogP contribution in [0.2, 0.25) is 0 Å². The number of hydrogen-bond acceptors (Lipinski definition) is 6. The summed E-state index contributed by atoms with van der Waals surface area (Å²) in [5.74, 6) is 1.81. The predicted octanol–water partition coefficient (Wildman–Crippen LogP) is 3.13. The molecule has 0 spiro atoms. The summed E-state index contributed by atoms with van der Waals surface area (Å²) in [7, 11) is 1.77. The Bertz CT molecular complexity index is 1010.